The van der Waals surface area contributed by atoms with E-state index in [1.165, 1.54) is 11.0 Å². The van der Waals surface area contributed by atoms with Crippen LogP contribution in [0.15, 0.2) is 43.0 Å². The number of aryl methyl sites for hydroxylation is 1. The van der Waals surface area contributed by atoms with Crippen molar-refractivity contribution in [2.75, 3.05) is 12.4 Å². The molecule has 4 heterocycles. The van der Waals surface area contributed by atoms with Crippen LogP contribution in [0, 0.1) is 6.92 Å². The van der Waals surface area contributed by atoms with Crippen molar-refractivity contribution in [3.8, 4) is 23.0 Å². The zero-order valence-electron chi connectivity index (χ0n) is 20.4. The number of nitrogens with zero attached hydrogens (tertiary/aromatic N) is 7. The number of ether oxygens (including phenoxy) is 1. The van der Waals surface area contributed by atoms with Crippen LogP contribution in [0.25, 0.3) is 28.2 Å². The van der Waals surface area contributed by atoms with Gasteiger partial charge in [0.1, 0.15) is 17.4 Å². The monoisotopic (exact) mass is 521 g/mol. The number of imidazole rings is 1. The summed E-state index contributed by atoms with van der Waals surface area (Å²) in [5.41, 5.74) is 3.53. The molecule has 1 aliphatic rings. The van der Waals surface area contributed by atoms with Crippen LogP contribution in [0.2, 0.25) is 0 Å². The second-order valence-corrected chi connectivity index (χ2v) is 9.01. The number of methoxy groups -OCH3 is 1. The maximum Gasteiger partial charge on any atom is 0.435 e. The van der Waals surface area contributed by atoms with Gasteiger partial charge in [0, 0.05) is 18.2 Å². The molecule has 0 spiro atoms. The van der Waals surface area contributed by atoms with E-state index in [9.17, 15) is 13.2 Å². The van der Waals surface area contributed by atoms with Crippen molar-refractivity contribution in [1.82, 2.24) is 39.7 Å². The molecule has 1 saturated carbocycles. The summed E-state index contributed by atoms with van der Waals surface area (Å²) in [7, 11) is 1.55. The average Bonchev–Trinajstić information content (AvgIpc) is 3.51. The zero-order chi connectivity index (χ0) is 26.4. The summed E-state index contributed by atoms with van der Waals surface area (Å²) >= 11 is 0. The van der Waals surface area contributed by atoms with Crippen LogP contribution >= 0.6 is 0 Å². The van der Waals surface area contributed by atoms with Gasteiger partial charge in [0.05, 0.1) is 24.8 Å². The van der Waals surface area contributed by atoms with Gasteiger partial charge in [0.2, 0.25) is 5.88 Å². The molecule has 5 aromatic rings. The standard InChI is InChI=1S/C25H22F3N9O/c1-13-9-17(25(26,27)28)36-37(13)16-7-3-14(4-8-16)10-29-22-20-23(32-11-31-20)35-21(34-22)18-19(15-5-6-15)30-12-33-24(18)38-2/h3-4,7-9,11-12,15H,5-6,10H2,1-2H3,(H2,29,31,32,34,35). The lowest BCUT2D eigenvalue weighted by molar-refractivity contribution is -0.141. The summed E-state index contributed by atoms with van der Waals surface area (Å²) in [6.07, 6.45) is 0.610. The van der Waals surface area contributed by atoms with Gasteiger partial charge in [-0.3, -0.25) is 0 Å². The Morgan fingerprint density at radius 1 is 1.11 bits per heavy atom. The predicted octanol–water partition coefficient (Wildman–Crippen LogP) is 4.82. The lowest BCUT2D eigenvalue weighted by Crippen LogP contribution is -2.08. The SMILES string of the molecule is COc1ncnc(C2CC2)c1-c1nc(NCc2ccc(-n3nc(C(F)(F)F)cc3C)cc2)c2[nH]cnc2n1. The highest BCUT2D eigenvalue weighted by Gasteiger charge is 2.34. The van der Waals surface area contributed by atoms with Crippen molar-refractivity contribution in [1.29, 1.82) is 0 Å². The predicted molar refractivity (Wildman–Crippen MR) is 132 cm³/mol. The zero-order valence-corrected chi connectivity index (χ0v) is 20.4. The molecule has 10 nitrogen and oxygen atoms in total. The number of hydrogen-bond donors (Lipinski definition) is 2. The van der Waals surface area contributed by atoms with Crippen molar-refractivity contribution in [3.05, 3.63) is 65.6 Å². The first-order valence-corrected chi connectivity index (χ1v) is 11.9. The molecule has 0 atom stereocenters. The van der Waals surface area contributed by atoms with Gasteiger partial charge in [0.25, 0.3) is 0 Å². The van der Waals surface area contributed by atoms with Gasteiger partial charge >= 0.3 is 6.18 Å². The van der Waals surface area contributed by atoms with Crippen molar-refractivity contribution >= 4 is 17.0 Å². The number of alkyl halides is 3. The second-order valence-electron chi connectivity index (χ2n) is 9.01. The van der Waals surface area contributed by atoms with Gasteiger partial charge in [-0.1, -0.05) is 12.1 Å². The van der Waals surface area contributed by atoms with Gasteiger partial charge in [-0.2, -0.15) is 18.3 Å². The highest BCUT2D eigenvalue weighted by molar-refractivity contribution is 5.85. The van der Waals surface area contributed by atoms with Gasteiger partial charge < -0.3 is 15.0 Å². The molecule has 1 aliphatic carbocycles. The van der Waals surface area contributed by atoms with E-state index >= 15 is 0 Å². The Morgan fingerprint density at radius 2 is 1.89 bits per heavy atom. The molecule has 0 aliphatic heterocycles. The molecule has 2 N–H and O–H groups in total. The van der Waals surface area contributed by atoms with E-state index in [1.807, 2.05) is 12.1 Å². The molecule has 0 bridgehead atoms. The molecule has 38 heavy (non-hydrogen) atoms. The Kier molecular flexibility index (Phi) is 5.69. The van der Waals surface area contributed by atoms with Crippen LogP contribution in [0.5, 0.6) is 5.88 Å². The highest BCUT2D eigenvalue weighted by atomic mass is 19.4. The number of benzene rings is 1. The van der Waals surface area contributed by atoms with E-state index in [2.05, 4.69) is 35.3 Å². The minimum Gasteiger partial charge on any atom is -0.480 e. The Labute approximate surface area is 214 Å². The Hall–Kier alpha value is -4.55. The first-order valence-electron chi connectivity index (χ1n) is 11.9. The topological polar surface area (TPSA) is 119 Å². The number of nitrogens with one attached hydrogen (secondary N) is 2. The molecule has 194 valence electrons. The largest absolute Gasteiger partial charge is 0.480 e. The maximum absolute atomic E-state index is 13.0. The van der Waals surface area contributed by atoms with Crippen LogP contribution in [0.3, 0.4) is 0 Å². The lowest BCUT2D eigenvalue weighted by atomic mass is 10.1. The van der Waals surface area contributed by atoms with Gasteiger partial charge in [-0.25, -0.2) is 29.6 Å². The van der Waals surface area contributed by atoms with E-state index in [0.29, 0.717) is 58.1 Å². The molecule has 4 aromatic heterocycles. The molecule has 0 saturated heterocycles. The third-order valence-corrected chi connectivity index (χ3v) is 6.33. The smallest absolute Gasteiger partial charge is 0.435 e. The fourth-order valence-electron chi connectivity index (χ4n) is 4.30. The molecule has 13 heteroatoms. The summed E-state index contributed by atoms with van der Waals surface area (Å²) in [5.74, 6) is 1.68. The van der Waals surface area contributed by atoms with Crippen molar-refractivity contribution < 1.29 is 17.9 Å². The summed E-state index contributed by atoms with van der Waals surface area (Å²) in [6.45, 7) is 1.98. The number of halogens is 3. The normalized spacial score (nSPS) is 13.7. The Morgan fingerprint density at radius 3 is 2.58 bits per heavy atom. The van der Waals surface area contributed by atoms with E-state index in [0.717, 1.165) is 30.2 Å². The number of H-pyrrole nitrogens is 1. The Balaban J connectivity index is 1.28. The van der Waals surface area contributed by atoms with Crippen molar-refractivity contribution in [2.24, 2.45) is 0 Å². The molecule has 6 rings (SSSR count). The molecular formula is C25H22F3N9O. The molecule has 0 amide bonds. The van der Waals surface area contributed by atoms with Crippen LogP contribution in [0.1, 0.15) is 41.4 Å². The second kappa shape index (κ2) is 9.08. The first-order chi connectivity index (χ1) is 18.3. The van der Waals surface area contributed by atoms with E-state index in [-0.39, 0.29) is 0 Å². The maximum atomic E-state index is 13.0. The van der Waals surface area contributed by atoms with E-state index in [4.69, 9.17) is 9.72 Å². The van der Waals surface area contributed by atoms with Crippen LogP contribution in [-0.2, 0) is 12.7 Å². The van der Waals surface area contributed by atoms with Crippen LogP contribution in [-0.4, -0.2) is 46.8 Å². The molecule has 0 radical (unpaired) electrons. The summed E-state index contributed by atoms with van der Waals surface area (Å²) in [5, 5.41) is 7.03. The highest BCUT2D eigenvalue weighted by Crippen LogP contribution is 2.45. The number of aromatic nitrogens is 8. The average molecular weight is 522 g/mol. The molecule has 1 fully saturated rings. The number of hydrogen-bond acceptors (Lipinski definition) is 8. The fourth-order valence-corrected chi connectivity index (χ4v) is 4.30. The quantitative estimate of drug-likeness (QED) is 0.313. The van der Waals surface area contributed by atoms with Crippen LogP contribution < -0.4 is 10.1 Å². The third kappa shape index (κ3) is 4.40. The number of rotatable bonds is 7. The minimum atomic E-state index is -4.50. The number of fused-ring (bicyclic) bond motifs is 1. The van der Waals surface area contributed by atoms with E-state index < -0.39 is 11.9 Å². The third-order valence-electron chi connectivity index (χ3n) is 6.33. The lowest BCUT2D eigenvalue weighted by Gasteiger charge is -2.13. The Bertz CT molecular complexity index is 1620. The number of aromatic amines is 1. The van der Waals surface area contributed by atoms with Crippen molar-refractivity contribution in [3.63, 3.8) is 0 Å². The molecule has 1 aromatic carbocycles. The van der Waals surface area contributed by atoms with Gasteiger partial charge in [0.15, 0.2) is 23.0 Å². The van der Waals surface area contributed by atoms with Gasteiger partial charge in [-0.15, -0.1) is 0 Å². The summed E-state index contributed by atoms with van der Waals surface area (Å²) in [6, 6.07) is 8.12. The van der Waals surface area contributed by atoms with Crippen LogP contribution in [0.4, 0.5) is 19.0 Å². The van der Waals surface area contributed by atoms with E-state index in [1.54, 1.807) is 32.5 Å². The van der Waals surface area contributed by atoms with Gasteiger partial charge in [-0.05, 0) is 43.5 Å². The van der Waals surface area contributed by atoms with Crippen molar-refractivity contribution in [2.45, 2.75) is 38.4 Å². The summed E-state index contributed by atoms with van der Waals surface area (Å²) < 4.78 is 45.9. The fraction of sp³-hybridized carbons (Fsp3) is 0.280. The minimum absolute atomic E-state index is 0.320. The molecular weight excluding hydrogens is 499 g/mol. The number of anilines is 1. The summed E-state index contributed by atoms with van der Waals surface area (Å²) in [4.78, 5) is 25.5. The first kappa shape index (κ1) is 23.8. The molecule has 0 unspecified atom stereocenters.